The number of morpholine rings is 1. The monoisotopic (exact) mass is 295 g/mol. The van der Waals surface area contributed by atoms with Gasteiger partial charge in [-0.1, -0.05) is 6.07 Å². The molecule has 1 aromatic rings. The summed E-state index contributed by atoms with van der Waals surface area (Å²) >= 11 is 0. The number of ether oxygens (including phenoxy) is 1. The summed E-state index contributed by atoms with van der Waals surface area (Å²) in [5.74, 6) is -1.42. The number of nitrogens with zero attached hydrogens (tertiary/aromatic N) is 1. The summed E-state index contributed by atoms with van der Waals surface area (Å²) in [7, 11) is 0. The van der Waals surface area contributed by atoms with Gasteiger partial charge in [0.15, 0.2) is 0 Å². The third kappa shape index (κ3) is 3.49. The average Bonchev–Trinajstić information content (AvgIpc) is 2.50. The molecule has 3 N–H and O–H groups in total. The zero-order chi connectivity index (χ0) is 15.4. The highest BCUT2D eigenvalue weighted by atomic mass is 19.1. The SMILES string of the molecule is CC(NC(=O)c1cccc(F)c1N)C(=O)N1CCOCC1. The molecule has 21 heavy (non-hydrogen) atoms. The zero-order valence-corrected chi connectivity index (χ0v) is 11.8. The van der Waals surface area contributed by atoms with Gasteiger partial charge in [0.1, 0.15) is 11.9 Å². The molecule has 1 saturated heterocycles. The number of carbonyl (C=O) groups is 2. The van der Waals surface area contributed by atoms with Gasteiger partial charge in [-0.2, -0.15) is 0 Å². The van der Waals surface area contributed by atoms with Crippen LogP contribution in [-0.4, -0.2) is 49.1 Å². The highest BCUT2D eigenvalue weighted by molar-refractivity contribution is 6.01. The minimum Gasteiger partial charge on any atom is -0.396 e. The van der Waals surface area contributed by atoms with Crippen LogP contribution in [0, 0.1) is 5.82 Å². The zero-order valence-electron chi connectivity index (χ0n) is 11.8. The van der Waals surface area contributed by atoms with Crippen LogP contribution in [0.2, 0.25) is 0 Å². The van der Waals surface area contributed by atoms with Crippen LogP contribution in [0.4, 0.5) is 10.1 Å². The fraction of sp³-hybridized carbons (Fsp3) is 0.429. The van der Waals surface area contributed by atoms with Gasteiger partial charge in [-0.15, -0.1) is 0 Å². The predicted molar refractivity (Wildman–Crippen MR) is 75.1 cm³/mol. The maximum absolute atomic E-state index is 13.3. The summed E-state index contributed by atoms with van der Waals surface area (Å²) in [5.41, 5.74) is 5.33. The molecule has 1 heterocycles. The second-order valence-electron chi connectivity index (χ2n) is 4.83. The molecule has 1 aromatic carbocycles. The molecule has 1 fully saturated rings. The van der Waals surface area contributed by atoms with Crippen LogP contribution < -0.4 is 11.1 Å². The number of nitrogens with one attached hydrogen (secondary N) is 1. The lowest BCUT2D eigenvalue weighted by molar-refractivity contribution is -0.136. The van der Waals surface area contributed by atoms with E-state index in [0.29, 0.717) is 26.3 Å². The van der Waals surface area contributed by atoms with E-state index >= 15 is 0 Å². The number of anilines is 1. The molecule has 1 aliphatic heterocycles. The first kappa shape index (κ1) is 15.2. The maximum atomic E-state index is 13.3. The highest BCUT2D eigenvalue weighted by Crippen LogP contribution is 2.15. The molecule has 2 rings (SSSR count). The number of nitrogens with two attached hydrogens (primary N) is 1. The first-order valence-electron chi connectivity index (χ1n) is 6.72. The van der Waals surface area contributed by atoms with E-state index in [2.05, 4.69) is 5.32 Å². The second kappa shape index (κ2) is 6.53. The summed E-state index contributed by atoms with van der Waals surface area (Å²) in [5, 5.41) is 2.54. The Morgan fingerprint density at radius 2 is 2.05 bits per heavy atom. The highest BCUT2D eigenvalue weighted by Gasteiger charge is 2.24. The van der Waals surface area contributed by atoms with Crippen molar-refractivity contribution >= 4 is 17.5 Å². The van der Waals surface area contributed by atoms with Crippen molar-refractivity contribution in [2.45, 2.75) is 13.0 Å². The minimum absolute atomic E-state index is 0.0247. The Balaban J connectivity index is 2.01. The van der Waals surface area contributed by atoms with Crippen molar-refractivity contribution in [2.75, 3.05) is 32.0 Å². The van der Waals surface area contributed by atoms with E-state index in [1.807, 2.05) is 0 Å². The Hall–Kier alpha value is -2.15. The number of halogens is 1. The van der Waals surface area contributed by atoms with E-state index in [-0.39, 0.29) is 17.2 Å². The summed E-state index contributed by atoms with van der Waals surface area (Å²) in [4.78, 5) is 25.9. The molecule has 0 aliphatic carbocycles. The molecule has 1 unspecified atom stereocenters. The lowest BCUT2D eigenvalue weighted by Gasteiger charge is -2.29. The Bertz CT molecular complexity index is 544. The van der Waals surface area contributed by atoms with Gasteiger partial charge in [0.2, 0.25) is 5.91 Å². The Kier molecular flexibility index (Phi) is 4.74. The van der Waals surface area contributed by atoms with E-state index < -0.39 is 17.8 Å². The molecule has 0 bridgehead atoms. The quantitative estimate of drug-likeness (QED) is 0.790. The normalized spacial score (nSPS) is 16.4. The van der Waals surface area contributed by atoms with Crippen LogP contribution in [0.3, 0.4) is 0 Å². The van der Waals surface area contributed by atoms with Crippen molar-refractivity contribution < 1.29 is 18.7 Å². The number of amides is 2. The van der Waals surface area contributed by atoms with E-state index in [1.165, 1.54) is 18.2 Å². The average molecular weight is 295 g/mol. The predicted octanol–water partition coefficient (Wildman–Crippen LogP) is 0.385. The number of carbonyl (C=O) groups excluding carboxylic acids is 2. The van der Waals surface area contributed by atoms with Crippen LogP contribution in [0.5, 0.6) is 0 Å². The third-order valence-corrected chi connectivity index (χ3v) is 3.34. The molecule has 7 heteroatoms. The molecule has 114 valence electrons. The first-order chi connectivity index (χ1) is 10.0. The van der Waals surface area contributed by atoms with Gasteiger partial charge in [0.05, 0.1) is 24.5 Å². The molecular formula is C14H18FN3O3. The summed E-state index contributed by atoms with van der Waals surface area (Å²) in [6.45, 7) is 3.57. The van der Waals surface area contributed by atoms with Gasteiger partial charge < -0.3 is 20.7 Å². The standard InChI is InChI=1S/C14H18FN3O3/c1-9(14(20)18-5-7-21-8-6-18)17-13(19)10-3-2-4-11(15)12(10)16/h2-4,9H,5-8,16H2,1H3,(H,17,19). The largest absolute Gasteiger partial charge is 0.396 e. The van der Waals surface area contributed by atoms with E-state index in [0.717, 1.165) is 0 Å². The van der Waals surface area contributed by atoms with Crippen LogP contribution in [0.1, 0.15) is 17.3 Å². The number of benzene rings is 1. The van der Waals surface area contributed by atoms with Crippen LogP contribution in [-0.2, 0) is 9.53 Å². The number of hydrogen-bond donors (Lipinski definition) is 2. The van der Waals surface area contributed by atoms with E-state index in [4.69, 9.17) is 10.5 Å². The minimum atomic E-state index is -0.710. The van der Waals surface area contributed by atoms with Crippen LogP contribution in [0.25, 0.3) is 0 Å². The topological polar surface area (TPSA) is 84.7 Å². The number of rotatable bonds is 3. The molecule has 0 aromatic heterocycles. The van der Waals surface area contributed by atoms with E-state index in [9.17, 15) is 14.0 Å². The molecule has 0 radical (unpaired) electrons. The van der Waals surface area contributed by atoms with Crippen LogP contribution >= 0.6 is 0 Å². The Morgan fingerprint density at radius 3 is 2.71 bits per heavy atom. The first-order valence-corrected chi connectivity index (χ1v) is 6.72. The van der Waals surface area contributed by atoms with Crippen molar-refractivity contribution in [3.05, 3.63) is 29.6 Å². The van der Waals surface area contributed by atoms with Gasteiger partial charge in [0.25, 0.3) is 5.91 Å². The lowest BCUT2D eigenvalue weighted by Crippen LogP contribution is -2.50. The number of nitrogen functional groups attached to an aromatic ring is 1. The summed E-state index contributed by atoms with van der Waals surface area (Å²) in [6, 6.07) is 3.28. The molecule has 6 nitrogen and oxygen atoms in total. The second-order valence-corrected chi connectivity index (χ2v) is 4.83. The maximum Gasteiger partial charge on any atom is 0.254 e. The van der Waals surface area contributed by atoms with Crippen molar-refractivity contribution in [3.8, 4) is 0 Å². The van der Waals surface area contributed by atoms with Gasteiger partial charge in [-0.25, -0.2) is 4.39 Å². The molecule has 2 amide bonds. The fourth-order valence-corrected chi connectivity index (χ4v) is 2.13. The van der Waals surface area contributed by atoms with Crippen molar-refractivity contribution in [3.63, 3.8) is 0 Å². The van der Waals surface area contributed by atoms with Crippen molar-refractivity contribution in [1.29, 1.82) is 0 Å². The molecule has 1 atom stereocenters. The van der Waals surface area contributed by atoms with Crippen LogP contribution in [0.15, 0.2) is 18.2 Å². The fourth-order valence-electron chi connectivity index (χ4n) is 2.13. The van der Waals surface area contributed by atoms with Crippen molar-refractivity contribution in [1.82, 2.24) is 10.2 Å². The summed E-state index contributed by atoms with van der Waals surface area (Å²) < 4.78 is 18.5. The van der Waals surface area contributed by atoms with Gasteiger partial charge in [-0.05, 0) is 19.1 Å². The number of para-hydroxylation sites is 1. The van der Waals surface area contributed by atoms with E-state index in [1.54, 1.807) is 11.8 Å². The molecular weight excluding hydrogens is 277 g/mol. The summed E-state index contributed by atoms with van der Waals surface area (Å²) in [6.07, 6.45) is 0. The molecule has 0 saturated carbocycles. The van der Waals surface area contributed by atoms with Gasteiger partial charge in [0, 0.05) is 13.1 Å². The smallest absolute Gasteiger partial charge is 0.254 e. The lowest BCUT2D eigenvalue weighted by atomic mass is 10.1. The molecule has 1 aliphatic rings. The third-order valence-electron chi connectivity index (χ3n) is 3.34. The van der Waals surface area contributed by atoms with Gasteiger partial charge >= 0.3 is 0 Å². The Labute approximate surface area is 122 Å². The number of hydrogen-bond acceptors (Lipinski definition) is 4. The van der Waals surface area contributed by atoms with Crippen molar-refractivity contribution in [2.24, 2.45) is 0 Å². The molecule has 0 spiro atoms. The van der Waals surface area contributed by atoms with Gasteiger partial charge in [-0.3, -0.25) is 9.59 Å². The Morgan fingerprint density at radius 1 is 1.38 bits per heavy atom.